The van der Waals surface area contributed by atoms with Gasteiger partial charge in [-0.1, -0.05) is 36.2 Å². The summed E-state index contributed by atoms with van der Waals surface area (Å²) in [6, 6.07) is 5.86. The van der Waals surface area contributed by atoms with E-state index in [1.54, 1.807) is 0 Å². The fourth-order valence-corrected chi connectivity index (χ4v) is 6.90. The van der Waals surface area contributed by atoms with E-state index in [9.17, 15) is 43.7 Å². The van der Waals surface area contributed by atoms with Crippen LogP contribution in [0.2, 0.25) is 0 Å². The molecule has 0 unspecified atom stereocenters. The highest BCUT2D eigenvalue weighted by Gasteiger charge is 2.24. The molecule has 0 saturated heterocycles. The van der Waals surface area contributed by atoms with Crippen LogP contribution in [0.25, 0.3) is 42.8 Å². The molecule has 0 saturated carbocycles. The molecular weight excluding hydrogens is 616 g/mol. The minimum Gasteiger partial charge on any atom is -0.744 e. The third-order valence-electron chi connectivity index (χ3n) is 6.48. The summed E-state index contributed by atoms with van der Waals surface area (Å²) in [5, 5.41) is 4.80. The number of nitrogens with one attached hydrogen (secondary N) is 1. The quantitative estimate of drug-likeness (QED) is 0.0556. The lowest BCUT2D eigenvalue weighted by atomic mass is 9.93. The van der Waals surface area contributed by atoms with E-state index in [-0.39, 0.29) is 38.1 Å². The Morgan fingerprint density at radius 1 is 0.762 bits per heavy atom. The summed E-state index contributed by atoms with van der Waals surface area (Å²) in [4.78, 5) is 12.2. The summed E-state index contributed by atoms with van der Waals surface area (Å²) >= 11 is 0. The van der Waals surface area contributed by atoms with Gasteiger partial charge in [0.2, 0.25) is 0 Å². The van der Waals surface area contributed by atoms with Crippen molar-refractivity contribution in [1.82, 2.24) is 5.32 Å². The first-order valence-electron chi connectivity index (χ1n) is 12.2. The molecular formula is C24H21N4O11S3-3. The molecule has 1 N–H and O–H groups in total. The van der Waals surface area contributed by atoms with Crippen molar-refractivity contribution >= 4 is 68.6 Å². The number of hydrogen-bond donors (Lipinski definition) is 1. The number of ether oxygens (including phenoxy) is 1. The molecule has 0 fully saturated rings. The van der Waals surface area contributed by atoms with Crippen molar-refractivity contribution in [2.24, 2.45) is 5.11 Å². The fraction of sp³-hybridized carbons (Fsp3) is 0.292. The van der Waals surface area contributed by atoms with E-state index in [0.717, 1.165) is 37.1 Å². The first-order chi connectivity index (χ1) is 19.6. The Morgan fingerprint density at radius 3 is 1.76 bits per heavy atom. The lowest BCUT2D eigenvalue weighted by molar-refractivity contribution is -0.123. The van der Waals surface area contributed by atoms with Crippen molar-refractivity contribution in [3.8, 4) is 5.75 Å². The average Bonchev–Trinajstić information content (AvgIpc) is 2.89. The molecule has 0 aliphatic rings. The molecule has 0 radical (unpaired) electrons. The molecule has 42 heavy (non-hydrogen) atoms. The van der Waals surface area contributed by atoms with Gasteiger partial charge in [0.05, 0.1) is 14.7 Å². The molecule has 0 heterocycles. The molecule has 0 aliphatic carbocycles. The van der Waals surface area contributed by atoms with Crippen molar-refractivity contribution in [1.29, 1.82) is 0 Å². The monoisotopic (exact) mass is 637 g/mol. The number of azide groups is 1. The summed E-state index contributed by atoms with van der Waals surface area (Å²) in [5.41, 5.74) is 8.25. The predicted molar refractivity (Wildman–Crippen MR) is 145 cm³/mol. The van der Waals surface area contributed by atoms with E-state index in [2.05, 4.69) is 15.3 Å². The van der Waals surface area contributed by atoms with E-state index in [1.807, 2.05) is 0 Å². The molecule has 224 valence electrons. The second kappa shape index (κ2) is 11.8. The lowest BCUT2D eigenvalue weighted by Crippen LogP contribution is -2.29. The summed E-state index contributed by atoms with van der Waals surface area (Å²) < 4.78 is 114. The van der Waals surface area contributed by atoms with Crippen molar-refractivity contribution in [2.75, 3.05) is 19.7 Å². The van der Waals surface area contributed by atoms with E-state index in [1.165, 1.54) is 6.07 Å². The SMILES string of the molecule is [N-]=[N+]=NCCCCCCNC(=O)COc1cc(S(=O)(=O)[O-])c2ccc3c(S(=O)(=O)[O-])cc(S(=O)(=O)[O-])c4ccc1c2c43. The number of amides is 1. The number of rotatable bonds is 13. The van der Waals surface area contributed by atoms with Crippen LogP contribution in [0, 0.1) is 0 Å². The third-order valence-corrected chi connectivity index (χ3v) is 9.11. The second-order valence-corrected chi connectivity index (χ2v) is 13.2. The standard InChI is InChI=1S/C24H24N4O11S3/c25-28-27-10-4-2-1-3-9-26-22(29)13-39-18-11-19(40(30,31)32)15-7-8-17-21(42(36,37)38)12-20(41(33,34)35)16-6-5-14(18)23(15)24(16)17/h5-8,11-12H,1-4,9-10,13H2,(H,26,29)(H,30,31,32)(H,33,34,35)(H,36,37,38)/p-3. The van der Waals surface area contributed by atoms with Gasteiger partial charge in [-0.25, -0.2) is 25.3 Å². The molecule has 0 spiro atoms. The minimum atomic E-state index is -5.34. The van der Waals surface area contributed by atoms with Crippen LogP contribution in [0.5, 0.6) is 5.75 Å². The zero-order valence-corrected chi connectivity index (χ0v) is 23.9. The molecule has 4 rings (SSSR count). The highest BCUT2D eigenvalue weighted by atomic mass is 32.2. The van der Waals surface area contributed by atoms with Crippen LogP contribution in [0.15, 0.2) is 56.2 Å². The largest absolute Gasteiger partial charge is 0.744 e. The van der Waals surface area contributed by atoms with Crippen LogP contribution in [0.1, 0.15) is 25.7 Å². The highest BCUT2D eigenvalue weighted by molar-refractivity contribution is 7.87. The summed E-state index contributed by atoms with van der Waals surface area (Å²) in [5.74, 6) is -0.859. The molecule has 4 aromatic carbocycles. The first kappa shape index (κ1) is 31.2. The van der Waals surface area contributed by atoms with E-state index >= 15 is 0 Å². The Bertz CT molecular complexity index is 2020. The van der Waals surface area contributed by atoms with E-state index in [4.69, 9.17) is 10.3 Å². The number of unbranched alkanes of at least 4 members (excludes halogenated alkanes) is 3. The van der Waals surface area contributed by atoms with Gasteiger partial charge in [-0.05, 0) is 36.6 Å². The predicted octanol–water partition coefficient (Wildman–Crippen LogP) is 2.66. The lowest BCUT2D eigenvalue weighted by Gasteiger charge is -2.22. The molecule has 0 bridgehead atoms. The zero-order valence-electron chi connectivity index (χ0n) is 21.5. The Hall–Kier alpha value is -3.77. The second-order valence-electron chi connectivity index (χ2n) is 9.19. The first-order valence-corrected chi connectivity index (χ1v) is 16.4. The number of nitrogens with zero attached hydrogens (tertiary/aromatic N) is 3. The van der Waals surface area contributed by atoms with Crippen LogP contribution >= 0.6 is 0 Å². The summed E-state index contributed by atoms with van der Waals surface area (Å²) in [7, 11) is -15.9. The molecule has 15 nitrogen and oxygen atoms in total. The van der Waals surface area contributed by atoms with E-state index < -0.39 is 57.6 Å². The van der Waals surface area contributed by atoms with Gasteiger partial charge in [0.1, 0.15) is 36.1 Å². The number of carbonyl (C=O) groups excluding carboxylic acids is 1. The normalized spacial score (nSPS) is 12.5. The van der Waals surface area contributed by atoms with Gasteiger partial charge < -0.3 is 23.7 Å². The Kier molecular flexibility index (Phi) is 8.79. The summed E-state index contributed by atoms with van der Waals surface area (Å²) in [6.07, 6.45) is 2.86. The number of benzene rings is 4. The van der Waals surface area contributed by atoms with Crippen LogP contribution in [0.4, 0.5) is 0 Å². The van der Waals surface area contributed by atoms with Gasteiger partial charge in [0.15, 0.2) is 6.61 Å². The molecule has 0 aromatic heterocycles. The zero-order chi connectivity index (χ0) is 30.9. The smallest absolute Gasteiger partial charge is 0.257 e. The molecule has 4 aromatic rings. The van der Waals surface area contributed by atoms with Crippen molar-refractivity contribution in [3.63, 3.8) is 0 Å². The van der Waals surface area contributed by atoms with Crippen molar-refractivity contribution < 1.29 is 48.4 Å². The van der Waals surface area contributed by atoms with Crippen LogP contribution in [0.3, 0.4) is 0 Å². The average molecular weight is 638 g/mol. The van der Waals surface area contributed by atoms with Gasteiger partial charge in [-0.3, -0.25) is 4.79 Å². The minimum absolute atomic E-state index is 0.0537. The van der Waals surface area contributed by atoms with Crippen LogP contribution in [-0.2, 0) is 35.1 Å². The molecule has 0 atom stereocenters. The third kappa shape index (κ3) is 6.49. The van der Waals surface area contributed by atoms with Crippen molar-refractivity contribution in [3.05, 3.63) is 46.8 Å². The summed E-state index contributed by atoms with van der Waals surface area (Å²) in [6.45, 7) is 0.0555. The van der Waals surface area contributed by atoms with Gasteiger partial charge in [-0.15, -0.1) is 0 Å². The van der Waals surface area contributed by atoms with Gasteiger partial charge >= 0.3 is 0 Å². The Labute approximate surface area is 239 Å². The van der Waals surface area contributed by atoms with Gasteiger partial charge in [0, 0.05) is 50.3 Å². The maximum atomic E-state index is 12.4. The maximum Gasteiger partial charge on any atom is 0.257 e. The Morgan fingerprint density at radius 2 is 1.24 bits per heavy atom. The van der Waals surface area contributed by atoms with Crippen LogP contribution in [-0.4, -0.2) is 64.5 Å². The molecule has 1 amide bonds. The number of hydrogen-bond acceptors (Lipinski definition) is 12. The van der Waals surface area contributed by atoms with Gasteiger partial charge in [0.25, 0.3) is 5.91 Å². The van der Waals surface area contributed by atoms with Crippen molar-refractivity contribution in [2.45, 2.75) is 40.4 Å². The topological polar surface area (TPSA) is 259 Å². The van der Waals surface area contributed by atoms with E-state index in [0.29, 0.717) is 32.0 Å². The molecule has 0 aliphatic heterocycles. The number of carbonyl (C=O) groups is 1. The van der Waals surface area contributed by atoms with Crippen LogP contribution < -0.4 is 10.1 Å². The molecule has 18 heteroatoms. The van der Waals surface area contributed by atoms with Gasteiger partial charge in [-0.2, -0.15) is 0 Å². The highest BCUT2D eigenvalue weighted by Crippen LogP contribution is 2.45. The Balaban J connectivity index is 1.78. The fourth-order valence-electron chi connectivity index (χ4n) is 4.73. The maximum absolute atomic E-state index is 12.4.